The van der Waals surface area contributed by atoms with Crippen LogP contribution in [-0.2, 0) is 11.2 Å². The topological polar surface area (TPSA) is 80.7 Å². The van der Waals surface area contributed by atoms with E-state index in [1.54, 1.807) is 24.4 Å². The van der Waals surface area contributed by atoms with Gasteiger partial charge < -0.3 is 19.9 Å². The number of carbonyl (C=O) groups is 1. The molecule has 0 aliphatic heterocycles. The fourth-order valence-corrected chi connectivity index (χ4v) is 4.01. The maximum atomic E-state index is 12.4. The third kappa shape index (κ3) is 4.64. The van der Waals surface area contributed by atoms with Crippen LogP contribution in [-0.4, -0.2) is 35.3 Å². The maximum absolute atomic E-state index is 12.4. The van der Waals surface area contributed by atoms with Crippen molar-refractivity contribution in [2.24, 2.45) is 0 Å². The van der Waals surface area contributed by atoms with Crippen molar-refractivity contribution in [3.63, 3.8) is 0 Å². The Bertz CT molecular complexity index is 1020. The first-order chi connectivity index (χ1) is 14.6. The Hall–Kier alpha value is -3.28. The van der Waals surface area contributed by atoms with Crippen LogP contribution in [0, 0.1) is 0 Å². The normalized spacial score (nSPS) is 18.7. The first-order valence-electron chi connectivity index (χ1n) is 10.3. The average Bonchev–Trinajstić information content (AvgIpc) is 2.75. The molecule has 1 heterocycles. The Kier molecular flexibility index (Phi) is 6.02. The summed E-state index contributed by atoms with van der Waals surface area (Å²) in [5.41, 5.74) is 0.758. The molecule has 0 unspecified atom stereocenters. The molecule has 0 spiro atoms. The second-order valence-electron chi connectivity index (χ2n) is 7.69. The molecule has 6 heteroatoms. The number of hydrogen-bond donors (Lipinski definition) is 2. The van der Waals surface area contributed by atoms with Gasteiger partial charge in [-0.2, -0.15) is 0 Å². The maximum Gasteiger partial charge on any atom is 0.224 e. The second-order valence-corrected chi connectivity index (χ2v) is 7.69. The minimum atomic E-state index is -0.0366. The van der Waals surface area contributed by atoms with Crippen LogP contribution in [0.3, 0.4) is 0 Å². The number of pyridine rings is 1. The quantitative estimate of drug-likeness (QED) is 0.647. The molecule has 6 nitrogen and oxygen atoms in total. The molecule has 156 valence electrons. The summed E-state index contributed by atoms with van der Waals surface area (Å²) in [5.74, 6) is 1.30. The highest BCUT2D eigenvalue weighted by molar-refractivity contribution is 5.87. The number of rotatable bonds is 6. The van der Waals surface area contributed by atoms with Gasteiger partial charge in [0, 0.05) is 29.2 Å². The van der Waals surface area contributed by atoms with Crippen LogP contribution in [0.1, 0.15) is 31.2 Å². The van der Waals surface area contributed by atoms with E-state index in [9.17, 15) is 9.90 Å². The Morgan fingerprint density at radius 2 is 1.97 bits per heavy atom. The summed E-state index contributed by atoms with van der Waals surface area (Å²) in [6, 6.07) is 13.2. The summed E-state index contributed by atoms with van der Waals surface area (Å²) in [6.07, 6.45) is 7.58. The first-order valence-corrected chi connectivity index (χ1v) is 10.3. The summed E-state index contributed by atoms with van der Waals surface area (Å²) < 4.78 is 11.3. The van der Waals surface area contributed by atoms with Crippen LogP contribution in [0.15, 0.2) is 54.9 Å². The number of benzene rings is 2. The van der Waals surface area contributed by atoms with E-state index in [2.05, 4.69) is 10.3 Å². The molecule has 30 heavy (non-hydrogen) atoms. The van der Waals surface area contributed by atoms with E-state index < -0.39 is 0 Å². The van der Waals surface area contributed by atoms with E-state index in [0.717, 1.165) is 47.8 Å². The van der Waals surface area contributed by atoms with E-state index in [-0.39, 0.29) is 30.2 Å². The molecule has 0 bridgehead atoms. The highest BCUT2D eigenvalue weighted by Crippen LogP contribution is 2.30. The van der Waals surface area contributed by atoms with Crippen molar-refractivity contribution in [1.29, 1.82) is 0 Å². The molecule has 0 radical (unpaired) electrons. The molecule has 0 saturated heterocycles. The Balaban J connectivity index is 1.28. The van der Waals surface area contributed by atoms with Crippen molar-refractivity contribution in [3.05, 3.63) is 60.4 Å². The smallest absolute Gasteiger partial charge is 0.224 e. The van der Waals surface area contributed by atoms with Gasteiger partial charge >= 0.3 is 0 Å². The van der Waals surface area contributed by atoms with Crippen molar-refractivity contribution >= 4 is 16.7 Å². The third-order valence-electron chi connectivity index (χ3n) is 5.58. The van der Waals surface area contributed by atoms with Crippen LogP contribution >= 0.6 is 0 Å². The molecule has 3 aromatic rings. The lowest BCUT2D eigenvalue weighted by atomic mass is 9.92. The van der Waals surface area contributed by atoms with Crippen molar-refractivity contribution in [3.8, 4) is 17.2 Å². The minimum absolute atomic E-state index is 0.0366. The fourth-order valence-electron chi connectivity index (χ4n) is 4.01. The number of carbonyl (C=O) groups excluding carboxylic acids is 1. The lowest BCUT2D eigenvalue weighted by molar-refractivity contribution is -0.121. The van der Waals surface area contributed by atoms with Gasteiger partial charge in [-0.15, -0.1) is 0 Å². The predicted octanol–water partition coefficient (Wildman–Crippen LogP) is 4.00. The lowest BCUT2D eigenvalue weighted by Crippen LogP contribution is -2.40. The summed E-state index contributed by atoms with van der Waals surface area (Å²) >= 11 is 0. The number of aromatic hydroxyl groups is 1. The molecule has 1 amide bonds. The zero-order valence-electron chi connectivity index (χ0n) is 17.0. The molecule has 4 rings (SSSR count). The standard InChI is InChI=1S/C24H26N2O4/c1-29-23-10-5-16(13-21(23)27)14-24(28)26-18-6-8-19(9-7-18)30-22-4-2-3-17-15-25-12-11-20(17)22/h2-5,10-13,15,18-19,27H,6-9,14H2,1H3,(H,26,28). The molecule has 1 saturated carbocycles. The molecule has 0 atom stereocenters. The highest BCUT2D eigenvalue weighted by atomic mass is 16.5. The molecule has 1 aliphatic rings. The summed E-state index contributed by atoms with van der Waals surface area (Å²) in [4.78, 5) is 16.6. The van der Waals surface area contributed by atoms with Gasteiger partial charge in [0.25, 0.3) is 0 Å². The van der Waals surface area contributed by atoms with Crippen LogP contribution in [0.2, 0.25) is 0 Å². The second kappa shape index (κ2) is 9.03. The van der Waals surface area contributed by atoms with Gasteiger partial charge in [0.1, 0.15) is 5.75 Å². The summed E-state index contributed by atoms with van der Waals surface area (Å²) in [6.45, 7) is 0. The number of phenols is 1. The Morgan fingerprint density at radius 1 is 1.13 bits per heavy atom. The van der Waals surface area contributed by atoms with Gasteiger partial charge in [-0.1, -0.05) is 18.2 Å². The molecule has 1 aromatic heterocycles. The number of fused-ring (bicyclic) bond motifs is 1. The van der Waals surface area contributed by atoms with Gasteiger partial charge in [-0.05, 0) is 55.5 Å². The zero-order valence-corrected chi connectivity index (χ0v) is 17.0. The lowest BCUT2D eigenvalue weighted by Gasteiger charge is -2.30. The number of aromatic nitrogens is 1. The number of methoxy groups -OCH3 is 1. The van der Waals surface area contributed by atoms with Crippen molar-refractivity contribution in [2.45, 2.75) is 44.2 Å². The number of nitrogens with zero attached hydrogens (tertiary/aromatic N) is 1. The number of phenolic OH excluding ortho intramolecular Hbond substituents is 1. The number of ether oxygens (including phenoxy) is 2. The van der Waals surface area contributed by atoms with Gasteiger partial charge in [-0.25, -0.2) is 0 Å². The first kappa shape index (κ1) is 20.0. The molecular weight excluding hydrogens is 380 g/mol. The van der Waals surface area contributed by atoms with Crippen molar-refractivity contribution in [1.82, 2.24) is 10.3 Å². The fraction of sp³-hybridized carbons (Fsp3) is 0.333. The number of amides is 1. The minimum Gasteiger partial charge on any atom is -0.504 e. The highest BCUT2D eigenvalue weighted by Gasteiger charge is 2.24. The van der Waals surface area contributed by atoms with E-state index in [1.807, 2.05) is 30.5 Å². The van der Waals surface area contributed by atoms with Gasteiger partial charge in [0.05, 0.1) is 19.6 Å². The van der Waals surface area contributed by atoms with E-state index in [1.165, 1.54) is 7.11 Å². The van der Waals surface area contributed by atoms with Crippen LogP contribution in [0.25, 0.3) is 10.8 Å². The van der Waals surface area contributed by atoms with E-state index in [4.69, 9.17) is 9.47 Å². The molecule has 1 fully saturated rings. The van der Waals surface area contributed by atoms with Crippen molar-refractivity contribution in [2.75, 3.05) is 7.11 Å². The molecular formula is C24H26N2O4. The number of hydrogen-bond acceptors (Lipinski definition) is 5. The largest absolute Gasteiger partial charge is 0.504 e. The number of nitrogens with one attached hydrogen (secondary N) is 1. The predicted molar refractivity (Wildman–Crippen MR) is 115 cm³/mol. The molecule has 1 aliphatic carbocycles. The van der Waals surface area contributed by atoms with Gasteiger partial charge in [0.2, 0.25) is 5.91 Å². The van der Waals surface area contributed by atoms with Gasteiger partial charge in [0.15, 0.2) is 11.5 Å². The van der Waals surface area contributed by atoms with E-state index >= 15 is 0 Å². The third-order valence-corrected chi connectivity index (χ3v) is 5.58. The average molecular weight is 406 g/mol. The van der Waals surface area contributed by atoms with E-state index in [0.29, 0.717) is 5.75 Å². The van der Waals surface area contributed by atoms with Crippen LogP contribution in [0.4, 0.5) is 0 Å². The van der Waals surface area contributed by atoms with Gasteiger partial charge in [-0.3, -0.25) is 9.78 Å². The molecule has 2 aromatic carbocycles. The Labute approximate surface area is 175 Å². The SMILES string of the molecule is COc1ccc(CC(=O)NC2CCC(Oc3cccc4cnccc34)CC2)cc1O. The van der Waals surface area contributed by atoms with Crippen LogP contribution in [0.5, 0.6) is 17.2 Å². The van der Waals surface area contributed by atoms with Crippen molar-refractivity contribution < 1.29 is 19.4 Å². The summed E-state index contributed by atoms with van der Waals surface area (Å²) in [7, 11) is 1.50. The summed E-state index contributed by atoms with van der Waals surface area (Å²) in [5, 5.41) is 15.1. The monoisotopic (exact) mass is 406 g/mol. The Morgan fingerprint density at radius 3 is 2.73 bits per heavy atom. The zero-order chi connectivity index (χ0) is 20.9. The molecule has 2 N–H and O–H groups in total. The van der Waals surface area contributed by atoms with Crippen LogP contribution < -0.4 is 14.8 Å².